The van der Waals surface area contributed by atoms with Crippen LogP contribution in [0.1, 0.15) is 5.56 Å². The molecule has 1 heterocycles. The number of esters is 1. The summed E-state index contributed by atoms with van der Waals surface area (Å²) < 4.78 is 39.1. The first-order valence-corrected chi connectivity index (χ1v) is 12.5. The van der Waals surface area contributed by atoms with Crippen LogP contribution < -0.4 is 23.7 Å². The van der Waals surface area contributed by atoms with Gasteiger partial charge in [-0.1, -0.05) is 30.3 Å². The average Bonchev–Trinajstić information content (AvgIpc) is 3.29. The van der Waals surface area contributed by atoms with E-state index in [1.165, 1.54) is 39.5 Å². The second kappa shape index (κ2) is 13.1. The van der Waals surface area contributed by atoms with Crippen LogP contribution in [-0.4, -0.2) is 69.2 Å². The predicted molar refractivity (Wildman–Crippen MR) is 145 cm³/mol. The highest BCUT2D eigenvalue weighted by molar-refractivity contribution is 5.87. The monoisotopic (exact) mass is 552 g/mol. The topological polar surface area (TPSA) is 122 Å². The van der Waals surface area contributed by atoms with Crippen LogP contribution in [0.2, 0.25) is 0 Å². The lowest BCUT2D eigenvalue weighted by molar-refractivity contribution is -0.146. The predicted octanol–water partition coefficient (Wildman–Crippen LogP) is 3.84. The van der Waals surface area contributed by atoms with E-state index >= 15 is 0 Å². The van der Waals surface area contributed by atoms with Crippen LogP contribution in [0.15, 0.2) is 72.8 Å². The summed E-state index contributed by atoms with van der Waals surface area (Å²) in [7, 11) is 4.48. The summed E-state index contributed by atoms with van der Waals surface area (Å²) in [5.74, 6) is 0.619. The lowest BCUT2D eigenvalue weighted by Crippen LogP contribution is -2.48. The van der Waals surface area contributed by atoms with Crippen LogP contribution in [0.25, 0.3) is 6.08 Å². The Morgan fingerprint density at radius 1 is 0.925 bits per heavy atom. The van der Waals surface area contributed by atoms with E-state index in [0.29, 0.717) is 28.6 Å². The number of carbonyl (C=O) groups is 1. The number of methoxy groups -OCH3 is 3. The van der Waals surface area contributed by atoms with Gasteiger partial charge in [0.05, 0.1) is 33.9 Å². The van der Waals surface area contributed by atoms with Crippen molar-refractivity contribution >= 4 is 12.0 Å². The van der Waals surface area contributed by atoms with Gasteiger partial charge in [-0.05, 0) is 48.0 Å². The van der Waals surface area contributed by atoms with Crippen molar-refractivity contribution in [1.29, 1.82) is 0 Å². The van der Waals surface area contributed by atoms with Gasteiger partial charge in [0.25, 0.3) is 0 Å². The van der Waals surface area contributed by atoms with E-state index in [9.17, 15) is 15.0 Å². The minimum absolute atomic E-state index is 0.0147. The van der Waals surface area contributed by atoms with Crippen molar-refractivity contribution in [2.75, 3.05) is 41.2 Å². The molecule has 3 unspecified atom stereocenters. The van der Waals surface area contributed by atoms with E-state index in [1.807, 2.05) is 0 Å². The minimum atomic E-state index is -1.57. The minimum Gasteiger partial charge on any atom is -0.504 e. The molecule has 1 aliphatic heterocycles. The van der Waals surface area contributed by atoms with Crippen molar-refractivity contribution in [2.45, 2.75) is 11.9 Å². The smallest absolute Gasteiger partial charge is 0.330 e. The zero-order valence-corrected chi connectivity index (χ0v) is 22.4. The van der Waals surface area contributed by atoms with Crippen molar-refractivity contribution in [3.63, 3.8) is 0 Å². The number of carbonyl (C=O) groups excluding carboxylic acids is 1. The van der Waals surface area contributed by atoms with Crippen LogP contribution in [0.4, 0.5) is 0 Å². The number of aliphatic hydroxyl groups is 1. The number of para-hydroxylation sites is 4. The van der Waals surface area contributed by atoms with Gasteiger partial charge in [-0.25, -0.2) is 4.79 Å². The fraction of sp³-hybridized carbons (Fsp3) is 0.300. The zero-order chi connectivity index (χ0) is 28.5. The molecule has 212 valence electrons. The molecule has 0 radical (unpaired) electrons. The van der Waals surface area contributed by atoms with E-state index in [4.69, 9.17) is 33.2 Å². The van der Waals surface area contributed by atoms with Crippen LogP contribution in [0.5, 0.6) is 34.5 Å². The summed E-state index contributed by atoms with van der Waals surface area (Å²) >= 11 is 0. The normalized spacial score (nSPS) is 20.2. The maximum Gasteiger partial charge on any atom is 0.330 e. The second-order valence-corrected chi connectivity index (χ2v) is 8.99. The van der Waals surface area contributed by atoms with E-state index < -0.39 is 23.8 Å². The Kier molecular flexibility index (Phi) is 9.36. The molecule has 0 aromatic heterocycles. The SMILES string of the molecule is COc1cc(C=CC(=O)OCC2C(Oc3ccccc3OC)OCC2(O)COc2ccccc2OC)ccc1O. The molecule has 40 heavy (non-hydrogen) atoms. The van der Waals surface area contributed by atoms with Crippen molar-refractivity contribution in [1.82, 2.24) is 0 Å². The number of ether oxygens (including phenoxy) is 7. The van der Waals surface area contributed by atoms with Gasteiger partial charge in [0.2, 0.25) is 6.29 Å². The largest absolute Gasteiger partial charge is 0.504 e. The zero-order valence-electron chi connectivity index (χ0n) is 22.4. The van der Waals surface area contributed by atoms with Gasteiger partial charge < -0.3 is 43.4 Å². The molecule has 0 amide bonds. The number of hydrogen-bond donors (Lipinski definition) is 2. The molecule has 0 aliphatic carbocycles. The number of phenols is 1. The number of aromatic hydroxyl groups is 1. The average molecular weight is 553 g/mol. The van der Waals surface area contributed by atoms with E-state index in [-0.39, 0.29) is 31.3 Å². The van der Waals surface area contributed by atoms with Crippen LogP contribution in [0, 0.1) is 5.92 Å². The van der Waals surface area contributed by atoms with Gasteiger partial charge in [-0.15, -0.1) is 0 Å². The van der Waals surface area contributed by atoms with E-state index in [1.54, 1.807) is 60.7 Å². The summed E-state index contributed by atoms with van der Waals surface area (Å²) in [4.78, 5) is 12.6. The molecule has 1 fully saturated rings. The summed E-state index contributed by atoms with van der Waals surface area (Å²) in [5.41, 5.74) is -0.947. The highest BCUT2D eigenvalue weighted by atomic mass is 16.7. The molecule has 0 spiro atoms. The van der Waals surface area contributed by atoms with Gasteiger partial charge in [0.1, 0.15) is 18.8 Å². The number of phenolic OH excluding ortho intramolecular Hbond substituents is 1. The standard InChI is InChI=1S/C30H32O10/c1-34-23-8-4-6-10-25(23)38-18-30(33)19-39-29(40-26-11-7-5-9-24(26)35-2)21(30)17-37-28(32)15-13-20-12-14-22(31)27(16-20)36-3/h4-16,21,29,31,33H,17-19H2,1-3H3. The van der Waals surface area contributed by atoms with Crippen molar-refractivity contribution in [3.8, 4) is 34.5 Å². The quantitative estimate of drug-likeness (QED) is 0.253. The number of rotatable bonds is 12. The molecule has 3 aromatic carbocycles. The molecular weight excluding hydrogens is 520 g/mol. The fourth-order valence-corrected chi connectivity index (χ4v) is 4.17. The Morgan fingerprint density at radius 3 is 2.23 bits per heavy atom. The van der Waals surface area contributed by atoms with Gasteiger partial charge >= 0.3 is 5.97 Å². The Labute approximate surface area is 232 Å². The number of benzene rings is 3. The first kappa shape index (κ1) is 28.6. The van der Waals surface area contributed by atoms with Gasteiger partial charge in [0, 0.05) is 6.08 Å². The summed E-state index contributed by atoms with van der Waals surface area (Å²) in [6, 6.07) is 18.7. The first-order valence-electron chi connectivity index (χ1n) is 12.5. The molecule has 0 saturated carbocycles. The lowest BCUT2D eigenvalue weighted by atomic mass is 9.91. The highest BCUT2D eigenvalue weighted by Gasteiger charge is 2.52. The molecule has 3 atom stereocenters. The fourth-order valence-electron chi connectivity index (χ4n) is 4.17. The maximum atomic E-state index is 12.6. The molecule has 10 heteroatoms. The van der Waals surface area contributed by atoms with Crippen LogP contribution in [-0.2, 0) is 14.3 Å². The molecule has 3 aromatic rings. The number of hydrogen-bond acceptors (Lipinski definition) is 10. The Morgan fingerprint density at radius 2 is 1.55 bits per heavy atom. The summed E-state index contributed by atoms with van der Waals surface area (Å²) in [5, 5.41) is 21.4. The van der Waals surface area contributed by atoms with Gasteiger partial charge in [-0.3, -0.25) is 0 Å². The molecule has 1 aliphatic rings. The van der Waals surface area contributed by atoms with Crippen molar-refractivity contribution in [3.05, 3.63) is 78.4 Å². The highest BCUT2D eigenvalue weighted by Crippen LogP contribution is 2.37. The van der Waals surface area contributed by atoms with Gasteiger partial charge in [0.15, 0.2) is 34.5 Å². The lowest BCUT2D eigenvalue weighted by Gasteiger charge is -2.30. The third kappa shape index (κ3) is 6.77. The molecule has 4 rings (SSSR count). The Hall–Kier alpha value is -4.41. The Balaban J connectivity index is 1.49. The third-order valence-electron chi connectivity index (χ3n) is 6.40. The molecule has 1 saturated heterocycles. The van der Waals surface area contributed by atoms with Crippen LogP contribution in [0.3, 0.4) is 0 Å². The van der Waals surface area contributed by atoms with Crippen LogP contribution >= 0.6 is 0 Å². The molecule has 0 bridgehead atoms. The first-order chi connectivity index (χ1) is 19.4. The van der Waals surface area contributed by atoms with Gasteiger partial charge in [-0.2, -0.15) is 0 Å². The molecular formula is C30H32O10. The summed E-state index contributed by atoms with van der Waals surface area (Å²) in [6.45, 7) is -0.536. The van der Waals surface area contributed by atoms with Crippen molar-refractivity contribution in [2.24, 2.45) is 5.92 Å². The Bertz CT molecular complexity index is 1320. The third-order valence-corrected chi connectivity index (χ3v) is 6.40. The molecule has 10 nitrogen and oxygen atoms in total. The summed E-state index contributed by atoms with van der Waals surface area (Å²) in [6.07, 6.45) is 1.79. The second-order valence-electron chi connectivity index (χ2n) is 8.99. The van der Waals surface area contributed by atoms with E-state index in [0.717, 1.165) is 0 Å². The van der Waals surface area contributed by atoms with E-state index in [2.05, 4.69) is 0 Å². The molecule has 2 N–H and O–H groups in total. The maximum absolute atomic E-state index is 12.6. The van der Waals surface area contributed by atoms with Crippen molar-refractivity contribution < 1.29 is 48.2 Å².